The Kier molecular flexibility index (Phi) is 7.39. The predicted molar refractivity (Wildman–Crippen MR) is 235 cm³/mol. The lowest BCUT2D eigenvalue weighted by atomic mass is 9.96. The number of rotatable bonds is 6. The van der Waals surface area contributed by atoms with Crippen LogP contribution in [0.15, 0.2) is 205 Å². The third-order valence-corrected chi connectivity index (χ3v) is 12.0. The molecule has 0 bridgehead atoms. The molecule has 0 aliphatic heterocycles. The number of para-hydroxylation sites is 2. The molecular formula is C52H33NOS. The minimum absolute atomic E-state index is 0.870. The number of hydrogen-bond acceptors (Lipinski definition) is 3. The molecule has 0 spiro atoms. The molecule has 9 aromatic carbocycles. The SMILES string of the molecule is c1cc(-c2ccc(N(c3ccccc3-c3ccc4sc5ccccc5c4c3)c3cccc4oc5ccccc5c34)cc2)cc(-c2ccc3ccccc3c2)c1. The van der Waals surface area contributed by atoms with Crippen molar-refractivity contribution in [2.24, 2.45) is 0 Å². The smallest absolute Gasteiger partial charge is 0.137 e. The highest BCUT2D eigenvalue weighted by Crippen LogP contribution is 2.47. The Morgan fingerprint density at radius 1 is 0.364 bits per heavy atom. The number of benzene rings is 9. The van der Waals surface area contributed by atoms with Crippen LogP contribution in [0.4, 0.5) is 17.1 Å². The average molecular weight is 720 g/mol. The van der Waals surface area contributed by atoms with Gasteiger partial charge in [0.1, 0.15) is 11.2 Å². The molecule has 0 unspecified atom stereocenters. The van der Waals surface area contributed by atoms with Gasteiger partial charge in [0.2, 0.25) is 0 Å². The van der Waals surface area contributed by atoms with E-state index in [-0.39, 0.29) is 0 Å². The van der Waals surface area contributed by atoms with E-state index in [9.17, 15) is 0 Å². The molecule has 2 heterocycles. The number of anilines is 3. The van der Waals surface area contributed by atoms with Gasteiger partial charge < -0.3 is 9.32 Å². The van der Waals surface area contributed by atoms with E-state index in [0.717, 1.165) is 44.6 Å². The number of nitrogens with zero attached hydrogens (tertiary/aromatic N) is 1. The first-order chi connectivity index (χ1) is 27.2. The molecule has 3 heteroatoms. The number of fused-ring (bicyclic) bond motifs is 7. The van der Waals surface area contributed by atoms with Crippen molar-refractivity contribution in [2.45, 2.75) is 0 Å². The van der Waals surface area contributed by atoms with Crippen molar-refractivity contribution in [2.75, 3.05) is 4.90 Å². The summed E-state index contributed by atoms with van der Waals surface area (Å²) >= 11 is 1.85. The van der Waals surface area contributed by atoms with Gasteiger partial charge in [0.25, 0.3) is 0 Å². The van der Waals surface area contributed by atoms with Gasteiger partial charge in [-0.1, -0.05) is 133 Å². The molecule has 2 nitrogen and oxygen atoms in total. The molecule has 0 saturated carbocycles. The zero-order valence-electron chi connectivity index (χ0n) is 29.8. The zero-order chi connectivity index (χ0) is 36.3. The highest BCUT2D eigenvalue weighted by Gasteiger charge is 2.22. The fraction of sp³-hybridized carbons (Fsp3) is 0. The molecule has 0 aliphatic carbocycles. The van der Waals surface area contributed by atoms with Crippen LogP contribution in [0.3, 0.4) is 0 Å². The van der Waals surface area contributed by atoms with E-state index in [1.165, 1.54) is 58.8 Å². The molecule has 0 N–H and O–H groups in total. The predicted octanol–water partition coefficient (Wildman–Crippen LogP) is 15.6. The molecule has 11 rings (SSSR count). The number of hydrogen-bond donors (Lipinski definition) is 0. The molecule has 2 aromatic heterocycles. The molecule has 11 aromatic rings. The summed E-state index contributed by atoms with van der Waals surface area (Å²) in [5.74, 6) is 0. The Hall–Kier alpha value is -6.94. The Bertz CT molecular complexity index is 3220. The second-order valence-electron chi connectivity index (χ2n) is 14.1. The van der Waals surface area contributed by atoms with Crippen molar-refractivity contribution in [3.05, 3.63) is 200 Å². The molecule has 0 saturated heterocycles. The highest BCUT2D eigenvalue weighted by molar-refractivity contribution is 7.25. The maximum atomic E-state index is 6.43. The van der Waals surface area contributed by atoms with Crippen LogP contribution < -0.4 is 4.90 Å². The summed E-state index contributed by atoms with van der Waals surface area (Å²) in [7, 11) is 0. The first-order valence-electron chi connectivity index (χ1n) is 18.7. The summed E-state index contributed by atoms with van der Waals surface area (Å²) in [5.41, 5.74) is 12.1. The summed E-state index contributed by atoms with van der Waals surface area (Å²) in [4.78, 5) is 2.41. The van der Waals surface area contributed by atoms with Gasteiger partial charge in [-0.05, 0) is 105 Å². The largest absolute Gasteiger partial charge is 0.456 e. The van der Waals surface area contributed by atoms with Gasteiger partial charge in [-0.25, -0.2) is 0 Å². The van der Waals surface area contributed by atoms with Crippen LogP contribution in [0.1, 0.15) is 0 Å². The molecular weight excluding hydrogens is 687 g/mol. The van der Waals surface area contributed by atoms with Gasteiger partial charge >= 0.3 is 0 Å². The van der Waals surface area contributed by atoms with Crippen molar-refractivity contribution < 1.29 is 4.42 Å². The lowest BCUT2D eigenvalue weighted by Gasteiger charge is -2.28. The fourth-order valence-corrected chi connectivity index (χ4v) is 9.29. The summed E-state index contributed by atoms with van der Waals surface area (Å²) in [5, 5.41) is 7.29. The van der Waals surface area contributed by atoms with E-state index in [2.05, 4.69) is 199 Å². The Labute approximate surface area is 322 Å². The van der Waals surface area contributed by atoms with Gasteiger partial charge in [-0.15, -0.1) is 11.3 Å². The van der Waals surface area contributed by atoms with E-state index in [1.807, 2.05) is 17.4 Å². The van der Waals surface area contributed by atoms with Crippen molar-refractivity contribution in [3.63, 3.8) is 0 Å². The Morgan fingerprint density at radius 2 is 1.00 bits per heavy atom. The van der Waals surface area contributed by atoms with E-state index in [4.69, 9.17) is 4.42 Å². The number of furan rings is 1. The minimum Gasteiger partial charge on any atom is -0.456 e. The quantitative estimate of drug-likeness (QED) is 0.170. The van der Waals surface area contributed by atoms with Crippen LogP contribution >= 0.6 is 11.3 Å². The first kappa shape index (κ1) is 31.6. The molecule has 0 amide bonds. The van der Waals surface area contributed by atoms with Crippen LogP contribution in [0, 0.1) is 0 Å². The molecule has 0 atom stereocenters. The number of thiophene rings is 1. The maximum absolute atomic E-state index is 6.43. The van der Waals surface area contributed by atoms with Crippen molar-refractivity contribution in [1.29, 1.82) is 0 Å². The van der Waals surface area contributed by atoms with Gasteiger partial charge in [0.15, 0.2) is 0 Å². The van der Waals surface area contributed by atoms with Crippen LogP contribution in [0.2, 0.25) is 0 Å². The normalized spacial score (nSPS) is 11.6. The van der Waals surface area contributed by atoms with Gasteiger partial charge in [-0.2, -0.15) is 0 Å². The van der Waals surface area contributed by atoms with Crippen LogP contribution in [-0.2, 0) is 0 Å². The van der Waals surface area contributed by atoms with Crippen LogP contribution in [0.5, 0.6) is 0 Å². The molecule has 55 heavy (non-hydrogen) atoms. The lowest BCUT2D eigenvalue weighted by molar-refractivity contribution is 0.669. The second-order valence-corrected chi connectivity index (χ2v) is 15.2. The summed E-state index contributed by atoms with van der Waals surface area (Å²) in [6.07, 6.45) is 0. The van der Waals surface area contributed by atoms with E-state index in [1.54, 1.807) is 0 Å². The summed E-state index contributed by atoms with van der Waals surface area (Å²) in [6, 6.07) is 72.3. The zero-order valence-corrected chi connectivity index (χ0v) is 30.6. The summed E-state index contributed by atoms with van der Waals surface area (Å²) < 4.78 is 9.04. The topological polar surface area (TPSA) is 16.4 Å². The van der Waals surface area contributed by atoms with E-state index < -0.39 is 0 Å². The molecule has 258 valence electrons. The second kappa shape index (κ2) is 12.9. The highest BCUT2D eigenvalue weighted by atomic mass is 32.1. The Balaban J connectivity index is 1.07. The van der Waals surface area contributed by atoms with E-state index in [0.29, 0.717) is 0 Å². The van der Waals surface area contributed by atoms with Crippen molar-refractivity contribution in [3.8, 4) is 33.4 Å². The summed E-state index contributed by atoms with van der Waals surface area (Å²) in [6.45, 7) is 0. The van der Waals surface area contributed by atoms with Gasteiger partial charge in [-0.3, -0.25) is 0 Å². The monoisotopic (exact) mass is 719 g/mol. The molecule has 0 aliphatic rings. The maximum Gasteiger partial charge on any atom is 0.137 e. The van der Waals surface area contributed by atoms with Gasteiger partial charge in [0.05, 0.1) is 16.8 Å². The standard InChI is InChI=1S/C52H33NOS/c1-2-12-36-32-39(24-23-34(36)11-1)38-14-9-13-37(31-38)35-25-28-41(29-26-35)53(47-19-10-21-49-52(47)44-17-4-7-20-48(44)54-49)46-18-6-3-15-42(46)40-27-30-51-45(33-40)43-16-5-8-22-50(43)55-51/h1-33H. The van der Waals surface area contributed by atoms with Crippen LogP contribution in [-0.4, -0.2) is 0 Å². The third-order valence-electron chi connectivity index (χ3n) is 10.9. The average Bonchev–Trinajstić information content (AvgIpc) is 3.83. The third kappa shape index (κ3) is 5.40. The van der Waals surface area contributed by atoms with Gasteiger partial charge in [0, 0.05) is 36.8 Å². The lowest BCUT2D eigenvalue weighted by Crippen LogP contribution is -2.11. The Morgan fingerprint density at radius 3 is 1.91 bits per heavy atom. The van der Waals surface area contributed by atoms with Crippen molar-refractivity contribution in [1.82, 2.24) is 0 Å². The molecule has 0 radical (unpaired) electrons. The first-order valence-corrected chi connectivity index (χ1v) is 19.5. The minimum atomic E-state index is 0.870. The molecule has 0 fully saturated rings. The van der Waals surface area contributed by atoms with E-state index >= 15 is 0 Å². The van der Waals surface area contributed by atoms with Crippen LogP contribution in [0.25, 0.3) is 86.3 Å². The fourth-order valence-electron chi connectivity index (χ4n) is 8.21. The van der Waals surface area contributed by atoms with Crippen molar-refractivity contribution >= 4 is 81.3 Å².